The van der Waals surface area contributed by atoms with E-state index >= 15 is 0 Å². The monoisotopic (exact) mass is 346 g/mol. The molecule has 0 saturated carbocycles. The van der Waals surface area contributed by atoms with Crippen LogP contribution in [0.15, 0.2) is 35.7 Å². The summed E-state index contributed by atoms with van der Waals surface area (Å²) in [6.45, 7) is 4.76. The van der Waals surface area contributed by atoms with E-state index in [-0.39, 0.29) is 0 Å². The highest BCUT2D eigenvalue weighted by Crippen LogP contribution is 2.50. The predicted molar refractivity (Wildman–Crippen MR) is 88.3 cm³/mol. The van der Waals surface area contributed by atoms with Crippen molar-refractivity contribution in [2.45, 2.75) is 25.5 Å². The first-order valence-electron chi connectivity index (χ1n) is 8.15. The van der Waals surface area contributed by atoms with Crippen molar-refractivity contribution in [3.8, 4) is 0 Å². The second-order valence-corrected chi connectivity index (χ2v) is 6.28. The largest absolute Gasteiger partial charge is 0.469 e. The van der Waals surface area contributed by atoms with E-state index in [2.05, 4.69) is 4.98 Å². The average molecular weight is 346 g/mol. The van der Waals surface area contributed by atoms with E-state index in [1.54, 1.807) is 18.3 Å². The van der Waals surface area contributed by atoms with E-state index in [1.807, 2.05) is 24.8 Å². The van der Waals surface area contributed by atoms with Crippen LogP contribution in [-0.4, -0.2) is 54.9 Å². The maximum Gasteiger partial charge on any atom is 0.336 e. The third-order valence-electron chi connectivity index (χ3n) is 5.13. The maximum absolute atomic E-state index is 12.7. The summed E-state index contributed by atoms with van der Waals surface area (Å²) in [4.78, 5) is 31.7. The van der Waals surface area contributed by atoms with Gasteiger partial charge in [0.15, 0.2) is 5.72 Å². The highest BCUT2D eigenvalue weighted by Gasteiger charge is 2.58. The summed E-state index contributed by atoms with van der Waals surface area (Å²) in [5.41, 5.74) is 0.855. The molecule has 7 heteroatoms. The molecule has 1 fully saturated rings. The van der Waals surface area contributed by atoms with Gasteiger partial charge in [0.1, 0.15) is 5.92 Å². The van der Waals surface area contributed by atoms with Gasteiger partial charge in [0.2, 0.25) is 0 Å². The number of hydrogen-bond acceptors (Lipinski definition) is 7. The molecule has 134 valence electrons. The zero-order chi connectivity index (χ0) is 18.2. The lowest BCUT2D eigenvalue weighted by atomic mass is 9.73. The topological polar surface area (TPSA) is 78.0 Å². The molecule has 0 spiro atoms. The van der Waals surface area contributed by atoms with Crippen LogP contribution in [0.5, 0.6) is 0 Å². The Kier molecular flexibility index (Phi) is 4.51. The lowest BCUT2D eigenvalue weighted by Crippen LogP contribution is -2.57. The second kappa shape index (κ2) is 6.48. The minimum Gasteiger partial charge on any atom is -0.469 e. The van der Waals surface area contributed by atoms with Crippen LogP contribution in [-0.2, 0) is 23.8 Å². The molecule has 0 bridgehead atoms. The fraction of sp³-hybridized carbons (Fsp3) is 0.500. The van der Waals surface area contributed by atoms with E-state index < -0.39 is 29.5 Å². The first-order valence-corrected chi connectivity index (χ1v) is 8.15. The molecule has 25 heavy (non-hydrogen) atoms. The molecule has 1 aromatic heterocycles. The number of carbonyl (C=O) groups is 2. The van der Waals surface area contributed by atoms with E-state index in [4.69, 9.17) is 14.2 Å². The third-order valence-corrected chi connectivity index (χ3v) is 5.13. The molecule has 7 nitrogen and oxygen atoms in total. The number of nitrogens with zero attached hydrogens (tertiary/aromatic N) is 2. The van der Waals surface area contributed by atoms with Crippen LogP contribution in [0.3, 0.4) is 0 Å². The lowest BCUT2D eigenvalue weighted by molar-refractivity contribution is -0.171. The Morgan fingerprint density at radius 1 is 1.32 bits per heavy atom. The first kappa shape index (κ1) is 17.4. The minimum atomic E-state index is -0.906. The van der Waals surface area contributed by atoms with Gasteiger partial charge in [-0.05, 0) is 26.0 Å². The second-order valence-electron chi connectivity index (χ2n) is 6.28. The quantitative estimate of drug-likeness (QED) is 0.767. The van der Waals surface area contributed by atoms with Gasteiger partial charge < -0.3 is 19.1 Å². The smallest absolute Gasteiger partial charge is 0.336 e. The molecule has 2 aliphatic rings. The van der Waals surface area contributed by atoms with E-state index in [0.717, 1.165) is 5.70 Å². The number of pyridine rings is 1. The van der Waals surface area contributed by atoms with Gasteiger partial charge in [-0.25, -0.2) is 4.79 Å². The van der Waals surface area contributed by atoms with Gasteiger partial charge in [-0.1, -0.05) is 6.07 Å². The Hall–Kier alpha value is -2.41. The molecule has 0 aromatic carbocycles. The van der Waals surface area contributed by atoms with Crippen molar-refractivity contribution in [2.75, 3.05) is 27.4 Å². The first-order chi connectivity index (χ1) is 12.0. The Labute approximate surface area is 146 Å². The molecule has 0 aliphatic carbocycles. The van der Waals surface area contributed by atoms with Crippen molar-refractivity contribution in [3.63, 3.8) is 0 Å². The highest BCUT2D eigenvalue weighted by molar-refractivity contribution is 5.93. The number of fused-ring (bicyclic) bond motifs is 1. The number of ether oxygens (including phenoxy) is 3. The summed E-state index contributed by atoms with van der Waals surface area (Å²) in [6, 6.07) is 5.41. The maximum atomic E-state index is 12.7. The van der Waals surface area contributed by atoms with Crippen molar-refractivity contribution >= 4 is 11.9 Å². The van der Waals surface area contributed by atoms with Crippen LogP contribution in [0.4, 0.5) is 0 Å². The number of allylic oxidation sites excluding steroid dienone is 1. The summed E-state index contributed by atoms with van der Waals surface area (Å²) in [6.07, 6.45) is 1.64. The molecule has 1 aromatic rings. The number of carbonyl (C=O) groups excluding carboxylic acids is 2. The molecule has 3 heterocycles. The number of aromatic nitrogens is 1. The van der Waals surface area contributed by atoms with Gasteiger partial charge >= 0.3 is 11.9 Å². The Bertz CT molecular complexity index is 717. The SMILES string of the molecule is COC(=O)C1=C(C)N2CCO[C@@]2(C)[C@@H](C(=O)OC)[C@@H]1c1ccccn1. The van der Waals surface area contributed by atoms with Crippen LogP contribution in [0.25, 0.3) is 0 Å². The number of rotatable bonds is 3. The van der Waals surface area contributed by atoms with Gasteiger partial charge in [-0.3, -0.25) is 9.78 Å². The Morgan fingerprint density at radius 2 is 2.08 bits per heavy atom. The van der Waals surface area contributed by atoms with Crippen molar-refractivity contribution in [3.05, 3.63) is 41.4 Å². The number of methoxy groups -OCH3 is 2. The lowest BCUT2D eigenvalue weighted by Gasteiger charge is -2.48. The van der Waals surface area contributed by atoms with Crippen LogP contribution in [0.1, 0.15) is 25.5 Å². The summed E-state index contributed by atoms with van der Waals surface area (Å²) < 4.78 is 16.0. The molecule has 1 saturated heterocycles. The number of esters is 2. The molecular formula is C18H22N2O5. The average Bonchev–Trinajstić information content (AvgIpc) is 3.03. The molecule has 0 radical (unpaired) electrons. The van der Waals surface area contributed by atoms with E-state index in [1.165, 1.54) is 14.2 Å². The summed E-state index contributed by atoms with van der Waals surface area (Å²) in [5, 5.41) is 0. The minimum absolute atomic E-state index is 0.416. The highest BCUT2D eigenvalue weighted by atomic mass is 16.5. The van der Waals surface area contributed by atoms with Gasteiger partial charge in [-0.15, -0.1) is 0 Å². The normalized spacial score (nSPS) is 28.6. The van der Waals surface area contributed by atoms with Gasteiger partial charge in [-0.2, -0.15) is 0 Å². The molecule has 0 unspecified atom stereocenters. The predicted octanol–water partition coefficient (Wildman–Crippen LogP) is 1.46. The van der Waals surface area contributed by atoms with E-state index in [9.17, 15) is 9.59 Å². The van der Waals surface area contributed by atoms with Crippen molar-refractivity contribution in [1.29, 1.82) is 0 Å². The Balaban J connectivity index is 2.27. The van der Waals surface area contributed by atoms with Gasteiger partial charge in [0.05, 0.1) is 32.3 Å². The Morgan fingerprint density at radius 3 is 2.68 bits per heavy atom. The van der Waals surface area contributed by atoms with Crippen LogP contribution in [0, 0.1) is 5.92 Å². The molecule has 0 N–H and O–H groups in total. The van der Waals surface area contributed by atoms with Crippen molar-refractivity contribution in [1.82, 2.24) is 9.88 Å². The fourth-order valence-electron chi connectivity index (χ4n) is 3.99. The summed E-state index contributed by atoms with van der Waals surface area (Å²) in [7, 11) is 2.67. The van der Waals surface area contributed by atoms with Gasteiger partial charge in [0, 0.05) is 24.1 Å². The molecular weight excluding hydrogens is 324 g/mol. The molecule has 0 amide bonds. The molecule has 3 atom stereocenters. The standard InChI is InChI=1S/C18H22N2O5/c1-11-13(16(21)23-3)14(12-7-5-6-8-19-12)15(17(22)24-4)18(2)20(11)9-10-25-18/h5-8,14-15H,9-10H2,1-4H3/t14-,15-,18+/m1/s1. The van der Waals surface area contributed by atoms with Crippen molar-refractivity contribution < 1.29 is 23.8 Å². The summed E-state index contributed by atoms with van der Waals surface area (Å²) in [5.74, 6) is -2.27. The number of hydrogen-bond donors (Lipinski definition) is 0. The van der Waals surface area contributed by atoms with Gasteiger partial charge in [0.25, 0.3) is 0 Å². The zero-order valence-electron chi connectivity index (χ0n) is 14.8. The fourth-order valence-corrected chi connectivity index (χ4v) is 3.99. The third kappa shape index (κ3) is 2.59. The van der Waals surface area contributed by atoms with Crippen LogP contribution in [0.2, 0.25) is 0 Å². The molecule has 3 rings (SSSR count). The van der Waals surface area contributed by atoms with Crippen LogP contribution >= 0.6 is 0 Å². The van der Waals surface area contributed by atoms with Crippen LogP contribution < -0.4 is 0 Å². The molecule has 2 aliphatic heterocycles. The summed E-state index contributed by atoms with van der Waals surface area (Å²) >= 11 is 0. The van der Waals surface area contributed by atoms with E-state index in [0.29, 0.717) is 24.4 Å². The van der Waals surface area contributed by atoms with Crippen molar-refractivity contribution in [2.24, 2.45) is 5.92 Å². The zero-order valence-corrected chi connectivity index (χ0v) is 14.8.